The van der Waals surface area contributed by atoms with Gasteiger partial charge in [0.05, 0.1) is 12.5 Å². The second-order valence-electron chi connectivity index (χ2n) is 4.10. The molecule has 18 heavy (non-hydrogen) atoms. The van der Waals surface area contributed by atoms with Gasteiger partial charge in [-0.1, -0.05) is 18.2 Å². The second-order valence-corrected chi connectivity index (χ2v) is 4.10. The minimum absolute atomic E-state index is 0.219. The lowest BCUT2D eigenvalue weighted by atomic mass is 10.2. The van der Waals surface area contributed by atoms with Crippen LogP contribution in [0.25, 0.3) is 0 Å². The van der Waals surface area contributed by atoms with Gasteiger partial charge in [0.25, 0.3) is 0 Å². The molecule has 1 unspecified atom stereocenters. The maximum absolute atomic E-state index is 11.5. The van der Waals surface area contributed by atoms with E-state index >= 15 is 0 Å². The number of para-hydroxylation sites is 1. The Bertz CT molecular complexity index is 379. The van der Waals surface area contributed by atoms with Crippen LogP contribution in [0, 0.1) is 5.92 Å². The molecule has 0 aromatic heterocycles. The fraction of sp³-hybridized carbons (Fsp3) is 0.500. The van der Waals surface area contributed by atoms with Crippen LogP contribution in [0.15, 0.2) is 24.3 Å². The Morgan fingerprint density at radius 3 is 2.78 bits per heavy atom. The maximum Gasteiger partial charge on any atom is 0.312 e. The van der Waals surface area contributed by atoms with Crippen LogP contribution in [-0.4, -0.2) is 26.2 Å². The van der Waals surface area contributed by atoms with E-state index in [0.29, 0.717) is 13.2 Å². The largest absolute Gasteiger partial charge is 0.492 e. The van der Waals surface area contributed by atoms with Gasteiger partial charge >= 0.3 is 5.97 Å². The molecule has 0 bridgehead atoms. The van der Waals surface area contributed by atoms with Crippen molar-refractivity contribution in [2.24, 2.45) is 5.92 Å². The Kier molecular flexibility index (Phi) is 6.22. The van der Waals surface area contributed by atoms with Crippen molar-refractivity contribution in [2.45, 2.75) is 20.4 Å². The summed E-state index contributed by atoms with van der Waals surface area (Å²) in [7, 11) is 1.89. The molecule has 1 rings (SSSR count). The van der Waals surface area contributed by atoms with Gasteiger partial charge in [0, 0.05) is 12.1 Å². The Labute approximate surface area is 108 Å². The van der Waals surface area contributed by atoms with Crippen molar-refractivity contribution in [3.05, 3.63) is 29.8 Å². The van der Waals surface area contributed by atoms with E-state index in [1.54, 1.807) is 13.8 Å². The Hall–Kier alpha value is -1.55. The molecule has 1 aromatic rings. The van der Waals surface area contributed by atoms with Crippen LogP contribution in [0.5, 0.6) is 5.75 Å². The Balaban J connectivity index is 2.54. The number of nitrogens with one attached hydrogen (secondary N) is 1. The molecule has 1 aromatic carbocycles. The van der Waals surface area contributed by atoms with Gasteiger partial charge in [0.15, 0.2) is 0 Å². The summed E-state index contributed by atoms with van der Waals surface area (Å²) >= 11 is 0. The molecule has 0 amide bonds. The number of hydrogen-bond acceptors (Lipinski definition) is 4. The van der Waals surface area contributed by atoms with Gasteiger partial charge in [-0.25, -0.2) is 0 Å². The van der Waals surface area contributed by atoms with Crippen molar-refractivity contribution in [2.75, 3.05) is 20.3 Å². The summed E-state index contributed by atoms with van der Waals surface area (Å²) in [5.41, 5.74) is 1.08. The standard InChI is InChI=1S/C14H21NO3/c1-4-17-14(16)11(2)10-18-13-8-6-5-7-12(13)9-15-3/h5-8,11,15H,4,9-10H2,1-3H3. The predicted molar refractivity (Wildman–Crippen MR) is 70.5 cm³/mol. The fourth-order valence-corrected chi connectivity index (χ4v) is 1.55. The average molecular weight is 251 g/mol. The van der Waals surface area contributed by atoms with E-state index in [1.807, 2.05) is 31.3 Å². The van der Waals surface area contributed by atoms with E-state index in [2.05, 4.69) is 5.32 Å². The lowest BCUT2D eigenvalue weighted by Crippen LogP contribution is -2.21. The van der Waals surface area contributed by atoms with Crippen molar-refractivity contribution in [3.8, 4) is 5.75 Å². The first-order chi connectivity index (χ1) is 8.69. The molecule has 4 heteroatoms. The van der Waals surface area contributed by atoms with Crippen molar-refractivity contribution < 1.29 is 14.3 Å². The molecule has 0 radical (unpaired) electrons. The molecular weight excluding hydrogens is 230 g/mol. The fourth-order valence-electron chi connectivity index (χ4n) is 1.55. The molecule has 0 aliphatic carbocycles. The highest BCUT2D eigenvalue weighted by Crippen LogP contribution is 2.18. The summed E-state index contributed by atoms with van der Waals surface area (Å²) in [5.74, 6) is 0.333. The Morgan fingerprint density at radius 1 is 1.39 bits per heavy atom. The normalized spacial score (nSPS) is 11.9. The van der Waals surface area contributed by atoms with E-state index in [1.165, 1.54) is 0 Å². The molecule has 1 atom stereocenters. The molecule has 0 spiro atoms. The summed E-state index contributed by atoms with van der Waals surface area (Å²) in [5, 5.41) is 3.08. The molecule has 0 saturated carbocycles. The third-order valence-corrected chi connectivity index (χ3v) is 2.52. The topological polar surface area (TPSA) is 47.6 Å². The van der Waals surface area contributed by atoms with Crippen molar-refractivity contribution >= 4 is 5.97 Å². The maximum atomic E-state index is 11.5. The van der Waals surface area contributed by atoms with Gasteiger partial charge in [-0.2, -0.15) is 0 Å². The molecule has 100 valence electrons. The summed E-state index contributed by atoms with van der Waals surface area (Å²) in [6, 6.07) is 7.79. The molecule has 0 fully saturated rings. The minimum atomic E-state index is -0.257. The van der Waals surface area contributed by atoms with Crippen molar-refractivity contribution in [3.63, 3.8) is 0 Å². The van der Waals surface area contributed by atoms with Gasteiger partial charge in [-0.15, -0.1) is 0 Å². The van der Waals surface area contributed by atoms with Gasteiger partial charge in [-0.3, -0.25) is 4.79 Å². The average Bonchev–Trinajstić information content (AvgIpc) is 2.38. The summed E-state index contributed by atoms with van der Waals surface area (Å²) in [6.45, 7) is 5.08. The van der Waals surface area contributed by atoms with E-state index in [0.717, 1.165) is 17.9 Å². The third kappa shape index (κ3) is 4.37. The first kappa shape index (κ1) is 14.5. The molecule has 1 N–H and O–H groups in total. The van der Waals surface area contributed by atoms with Gasteiger partial charge in [0.2, 0.25) is 0 Å². The van der Waals surface area contributed by atoms with Crippen LogP contribution in [0.1, 0.15) is 19.4 Å². The monoisotopic (exact) mass is 251 g/mol. The highest BCUT2D eigenvalue weighted by molar-refractivity contribution is 5.72. The number of rotatable bonds is 7. The van der Waals surface area contributed by atoms with Crippen LogP contribution in [-0.2, 0) is 16.1 Å². The lowest BCUT2D eigenvalue weighted by molar-refractivity contribution is -0.148. The highest BCUT2D eigenvalue weighted by atomic mass is 16.5. The van der Waals surface area contributed by atoms with Crippen LogP contribution < -0.4 is 10.1 Å². The van der Waals surface area contributed by atoms with Gasteiger partial charge in [0.1, 0.15) is 12.4 Å². The van der Waals surface area contributed by atoms with Crippen LogP contribution in [0.4, 0.5) is 0 Å². The van der Waals surface area contributed by atoms with Gasteiger partial charge in [-0.05, 0) is 27.0 Å². The number of carbonyl (C=O) groups is 1. The van der Waals surface area contributed by atoms with Crippen molar-refractivity contribution in [1.29, 1.82) is 0 Å². The van der Waals surface area contributed by atoms with Crippen LogP contribution >= 0.6 is 0 Å². The SMILES string of the molecule is CCOC(=O)C(C)COc1ccccc1CNC. The summed E-state index contributed by atoms with van der Waals surface area (Å²) in [4.78, 5) is 11.5. The zero-order valence-electron chi connectivity index (χ0n) is 11.2. The zero-order chi connectivity index (χ0) is 13.4. The molecule has 0 heterocycles. The number of hydrogen-bond donors (Lipinski definition) is 1. The second kappa shape index (κ2) is 7.71. The zero-order valence-corrected chi connectivity index (χ0v) is 11.2. The number of ether oxygens (including phenoxy) is 2. The van der Waals surface area contributed by atoms with Crippen LogP contribution in [0.2, 0.25) is 0 Å². The van der Waals surface area contributed by atoms with E-state index in [9.17, 15) is 4.79 Å². The predicted octanol–water partition coefficient (Wildman–Crippen LogP) is 1.98. The first-order valence-corrected chi connectivity index (χ1v) is 6.21. The number of esters is 1. The lowest BCUT2D eigenvalue weighted by Gasteiger charge is -2.14. The van der Waals surface area contributed by atoms with Crippen molar-refractivity contribution in [1.82, 2.24) is 5.32 Å². The molecule has 0 saturated heterocycles. The number of benzene rings is 1. The van der Waals surface area contributed by atoms with E-state index < -0.39 is 0 Å². The summed E-state index contributed by atoms with van der Waals surface area (Å²) in [6.07, 6.45) is 0. The first-order valence-electron chi connectivity index (χ1n) is 6.21. The number of carbonyl (C=O) groups excluding carboxylic acids is 1. The molecule has 0 aliphatic heterocycles. The molecular formula is C14H21NO3. The quantitative estimate of drug-likeness (QED) is 0.753. The molecule has 4 nitrogen and oxygen atoms in total. The van der Waals surface area contributed by atoms with E-state index in [-0.39, 0.29) is 11.9 Å². The third-order valence-electron chi connectivity index (χ3n) is 2.52. The Morgan fingerprint density at radius 2 is 2.11 bits per heavy atom. The van der Waals surface area contributed by atoms with Crippen LogP contribution in [0.3, 0.4) is 0 Å². The van der Waals surface area contributed by atoms with E-state index in [4.69, 9.17) is 9.47 Å². The van der Waals surface area contributed by atoms with Gasteiger partial charge < -0.3 is 14.8 Å². The minimum Gasteiger partial charge on any atom is -0.492 e. The highest BCUT2D eigenvalue weighted by Gasteiger charge is 2.15. The molecule has 0 aliphatic rings. The smallest absolute Gasteiger partial charge is 0.312 e. The summed E-state index contributed by atoms with van der Waals surface area (Å²) < 4.78 is 10.6.